The quantitative estimate of drug-likeness (QED) is 0.484. The summed E-state index contributed by atoms with van der Waals surface area (Å²) in [4.78, 5) is 38.1. The number of ether oxygens (including phenoxy) is 1. The number of rotatable bonds is 7. The number of carbonyl (C=O) groups excluding carboxylic acids is 3. The van der Waals surface area contributed by atoms with E-state index in [9.17, 15) is 19.5 Å². The number of hydrogen-bond acceptors (Lipinski definition) is 5. The normalized spacial score (nSPS) is 19.3. The Morgan fingerprint density at radius 2 is 1.62 bits per heavy atom. The Morgan fingerprint density at radius 1 is 1.09 bits per heavy atom. The number of urea groups is 1. The van der Waals surface area contributed by atoms with Gasteiger partial charge in [0.15, 0.2) is 0 Å². The summed E-state index contributed by atoms with van der Waals surface area (Å²) in [5, 5.41) is 13.7. The lowest BCUT2D eigenvalue weighted by Crippen LogP contribution is -2.44. The highest BCUT2D eigenvalue weighted by Crippen LogP contribution is 2.40. The molecule has 2 rings (SSSR count). The molecule has 3 amide bonds. The molecule has 0 radical (unpaired) electrons. The number of esters is 1. The standard InChI is InChI=1S/C25H38N2O5/c1-9-32-19(28)11-13-27-21(30)25(8,26-22(27)31)12-10-16-14-17(23(2,3)4)20(29)18(15-16)24(5,6)7/h14-15,29H,9-13H2,1-8H3,(H,26,31). The molecule has 1 unspecified atom stereocenters. The Balaban J connectivity index is 2.23. The van der Waals surface area contributed by atoms with Gasteiger partial charge in [-0.25, -0.2) is 4.79 Å². The smallest absolute Gasteiger partial charge is 0.325 e. The van der Waals surface area contributed by atoms with Crippen molar-refractivity contribution >= 4 is 17.9 Å². The predicted octanol–water partition coefficient (Wildman–Crippen LogP) is 4.18. The number of aromatic hydroxyl groups is 1. The van der Waals surface area contributed by atoms with Crippen molar-refractivity contribution in [3.8, 4) is 5.75 Å². The fraction of sp³-hybridized carbons (Fsp3) is 0.640. The third kappa shape index (κ3) is 5.61. The summed E-state index contributed by atoms with van der Waals surface area (Å²) in [6, 6.07) is 3.50. The lowest BCUT2D eigenvalue weighted by molar-refractivity contribution is -0.143. The highest BCUT2D eigenvalue weighted by Gasteiger charge is 2.47. The van der Waals surface area contributed by atoms with Crippen LogP contribution in [-0.2, 0) is 31.6 Å². The van der Waals surface area contributed by atoms with E-state index in [1.165, 1.54) is 0 Å². The van der Waals surface area contributed by atoms with Crippen LogP contribution in [-0.4, -0.2) is 46.6 Å². The van der Waals surface area contributed by atoms with Gasteiger partial charge in [0.1, 0.15) is 11.3 Å². The number of phenolic OH excluding ortho intramolecular Hbond substituents is 1. The number of imide groups is 1. The second-order valence-electron chi connectivity index (χ2n) is 10.8. The van der Waals surface area contributed by atoms with Crippen LogP contribution in [0.25, 0.3) is 0 Å². The summed E-state index contributed by atoms with van der Waals surface area (Å²) in [6.07, 6.45) is 0.941. The average molecular weight is 447 g/mol. The summed E-state index contributed by atoms with van der Waals surface area (Å²) in [5.41, 5.74) is 1.20. The van der Waals surface area contributed by atoms with E-state index in [-0.39, 0.29) is 36.3 Å². The SMILES string of the molecule is CCOC(=O)CCN1C(=O)NC(C)(CCc2cc(C(C)(C)C)c(O)c(C(C)(C)C)c2)C1=O. The van der Waals surface area contributed by atoms with Crippen LogP contribution in [0.15, 0.2) is 12.1 Å². The molecule has 1 fully saturated rings. The number of benzene rings is 1. The maximum Gasteiger partial charge on any atom is 0.325 e. The third-order valence-electron chi connectivity index (χ3n) is 5.89. The molecule has 0 aromatic heterocycles. The number of hydrogen-bond donors (Lipinski definition) is 2. The van der Waals surface area contributed by atoms with Gasteiger partial charge < -0.3 is 15.2 Å². The second kappa shape index (κ2) is 9.12. The summed E-state index contributed by atoms with van der Waals surface area (Å²) in [7, 11) is 0. The molecule has 0 saturated carbocycles. The first-order chi connectivity index (χ1) is 14.6. The first-order valence-corrected chi connectivity index (χ1v) is 11.3. The van der Waals surface area contributed by atoms with E-state index >= 15 is 0 Å². The zero-order valence-electron chi connectivity index (χ0n) is 20.7. The summed E-state index contributed by atoms with van der Waals surface area (Å²) >= 11 is 0. The van der Waals surface area contributed by atoms with Gasteiger partial charge in [-0.15, -0.1) is 0 Å². The van der Waals surface area contributed by atoms with Gasteiger partial charge in [-0.3, -0.25) is 14.5 Å². The minimum atomic E-state index is -1.05. The number of amides is 3. The van der Waals surface area contributed by atoms with Crippen molar-refractivity contribution in [2.24, 2.45) is 0 Å². The van der Waals surface area contributed by atoms with Crippen LogP contribution < -0.4 is 5.32 Å². The Bertz CT molecular complexity index is 860. The molecular formula is C25H38N2O5. The van der Waals surface area contributed by atoms with E-state index in [0.29, 0.717) is 18.6 Å². The molecule has 1 atom stereocenters. The van der Waals surface area contributed by atoms with E-state index < -0.39 is 17.5 Å². The van der Waals surface area contributed by atoms with Crippen LogP contribution in [0.5, 0.6) is 5.75 Å². The Kier molecular flexibility index (Phi) is 7.32. The van der Waals surface area contributed by atoms with Gasteiger partial charge >= 0.3 is 12.0 Å². The highest BCUT2D eigenvalue weighted by atomic mass is 16.5. The summed E-state index contributed by atoms with van der Waals surface area (Å²) < 4.78 is 4.89. The summed E-state index contributed by atoms with van der Waals surface area (Å²) in [6.45, 7) is 16.0. The molecule has 7 heteroatoms. The van der Waals surface area contributed by atoms with Gasteiger partial charge in [0.25, 0.3) is 5.91 Å². The molecule has 1 heterocycles. The Labute approximate surface area is 191 Å². The van der Waals surface area contributed by atoms with Crippen molar-refractivity contribution in [3.63, 3.8) is 0 Å². The van der Waals surface area contributed by atoms with Gasteiger partial charge in [-0.05, 0) is 54.2 Å². The number of nitrogens with zero attached hydrogens (tertiary/aromatic N) is 1. The second-order valence-corrected chi connectivity index (χ2v) is 10.8. The van der Waals surface area contributed by atoms with Crippen LogP contribution in [0, 0.1) is 0 Å². The van der Waals surface area contributed by atoms with Crippen LogP contribution in [0.1, 0.15) is 84.9 Å². The van der Waals surface area contributed by atoms with E-state index in [1.807, 2.05) is 12.1 Å². The van der Waals surface area contributed by atoms with E-state index in [1.54, 1.807) is 13.8 Å². The zero-order valence-corrected chi connectivity index (χ0v) is 20.7. The number of carbonyl (C=O) groups is 3. The maximum atomic E-state index is 13.0. The van der Waals surface area contributed by atoms with E-state index in [4.69, 9.17) is 4.74 Å². The highest BCUT2D eigenvalue weighted by molar-refractivity contribution is 6.06. The molecule has 32 heavy (non-hydrogen) atoms. The van der Waals surface area contributed by atoms with Gasteiger partial charge in [-0.2, -0.15) is 0 Å². The molecule has 2 N–H and O–H groups in total. The largest absolute Gasteiger partial charge is 0.507 e. The molecular weight excluding hydrogens is 408 g/mol. The Hall–Kier alpha value is -2.57. The molecule has 1 aromatic carbocycles. The van der Waals surface area contributed by atoms with Crippen LogP contribution in [0.3, 0.4) is 0 Å². The van der Waals surface area contributed by atoms with Crippen molar-refractivity contribution in [1.29, 1.82) is 0 Å². The van der Waals surface area contributed by atoms with E-state index in [0.717, 1.165) is 21.6 Å². The van der Waals surface area contributed by atoms with Gasteiger partial charge in [-0.1, -0.05) is 53.7 Å². The van der Waals surface area contributed by atoms with E-state index in [2.05, 4.69) is 46.9 Å². The number of phenols is 1. The van der Waals surface area contributed by atoms with Crippen molar-refractivity contribution in [2.75, 3.05) is 13.2 Å². The minimum Gasteiger partial charge on any atom is -0.507 e. The first-order valence-electron chi connectivity index (χ1n) is 11.3. The fourth-order valence-electron chi connectivity index (χ4n) is 3.93. The lowest BCUT2D eigenvalue weighted by Gasteiger charge is -2.29. The number of aryl methyl sites for hydroxylation is 1. The monoisotopic (exact) mass is 446 g/mol. The van der Waals surface area contributed by atoms with Gasteiger partial charge in [0.2, 0.25) is 0 Å². The van der Waals surface area contributed by atoms with Crippen molar-refractivity contribution in [2.45, 2.75) is 91.0 Å². The van der Waals surface area contributed by atoms with Gasteiger partial charge in [0, 0.05) is 6.54 Å². The topological polar surface area (TPSA) is 95.9 Å². The van der Waals surface area contributed by atoms with Crippen LogP contribution in [0.2, 0.25) is 0 Å². The molecule has 0 spiro atoms. The van der Waals surface area contributed by atoms with Crippen molar-refractivity contribution < 1.29 is 24.2 Å². The first kappa shape index (κ1) is 25.7. The predicted molar refractivity (Wildman–Crippen MR) is 124 cm³/mol. The maximum absolute atomic E-state index is 13.0. The van der Waals surface area contributed by atoms with Crippen LogP contribution in [0.4, 0.5) is 4.79 Å². The van der Waals surface area contributed by atoms with Crippen LogP contribution >= 0.6 is 0 Å². The Morgan fingerprint density at radius 3 is 2.09 bits per heavy atom. The molecule has 178 valence electrons. The fourth-order valence-corrected chi connectivity index (χ4v) is 3.93. The molecule has 1 saturated heterocycles. The molecule has 0 bridgehead atoms. The third-order valence-corrected chi connectivity index (χ3v) is 5.89. The molecule has 1 aliphatic heterocycles. The molecule has 1 aliphatic rings. The summed E-state index contributed by atoms with van der Waals surface area (Å²) in [5.74, 6) is -0.455. The molecule has 7 nitrogen and oxygen atoms in total. The number of nitrogens with one attached hydrogen (secondary N) is 1. The van der Waals surface area contributed by atoms with Crippen molar-refractivity contribution in [1.82, 2.24) is 10.2 Å². The molecule has 0 aliphatic carbocycles. The lowest BCUT2D eigenvalue weighted by atomic mass is 9.77. The average Bonchev–Trinajstić information content (AvgIpc) is 2.86. The van der Waals surface area contributed by atoms with Crippen molar-refractivity contribution in [3.05, 3.63) is 28.8 Å². The molecule has 1 aromatic rings. The minimum absolute atomic E-state index is 0.000639. The van der Waals surface area contributed by atoms with Gasteiger partial charge in [0.05, 0.1) is 13.0 Å². The zero-order chi connectivity index (χ0) is 24.5.